The molecule has 0 aromatic heterocycles. The summed E-state index contributed by atoms with van der Waals surface area (Å²) >= 11 is 9.36. The summed E-state index contributed by atoms with van der Waals surface area (Å²) in [5.41, 5.74) is 1.62. The molecule has 0 aliphatic rings. The first kappa shape index (κ1) is 13.3. The molecule has 0 heterocycles. The second-order valence-corrected chi connectivity index (χ2v) is 5.10. The summed E-state index contributed by atoms with van der Waals surface area (Å²) in [4.78, 5) is 11.5. The van der Waals surface area contributed by atoms with Crippen molar-refractivity contribution in [1.29, 1.82) is 0 Å². The molecule has 0 aliphatic carbocycles. The Labute approximate surface area is 109 Å². The highest BCUT2D eigenvalue weighted by Crippen LogP contribution is 2.28. The molecule has 0 aliphatic heterocycles. The Morgan fingerprint density at radius 2 is 2.06 bits per heavy atom. The minimum atomic E-state index is -0.240. The van der Waals surface area contributed by atoms with Gasteiger partial charge in [-0.1, -0.05) is 11.6 Å². The molecule has 0 spiro atoms. The molecule has 3 nitrogen and oxygen atoms in total. The predicted molar refractivity (Wildman–Crippen MR) is 71.2 cm³/mol. The normalized spacial score (nSPS) is 10.4. The second kappa shape index (κ2) is 5.55. The SMILES string of the molecule is Cc1cc(Br)c(NC(=O)NC(C)C)cc1Cl. The van der Waals surface area contributed by atoms with E-state index in [-0.39, 0.29) is 12.1 Å². The summed E-state index contributed by atoms with van der Waals surface area (Å²) in [6.45, 7) is 5.71. The van der Waals surface area contributed by atoms with Gasteiger partial charge in [-0.05, 0) is 54.4 Å². The zero-order valence-electron chi connectivity index (χ0n) is 9.40. The van der Waals surface area contributed by atoms with Crippen molar-refractivity contribution >= 4 is 39.2 Å². The fourth-order valence-corrected chi connectivity index (χ4v) is 1.88. The number of rotatable bonds is 2. The molecule has 1 aromatic carbocycles. The quantitative estimate of drug-likeness (QED) is 0.853. The van der Waals surface area contributed by atoms with Crippen molar-refractivity contribution in [2.45, 2.75) is 26.8 Å². The van der Waals surface area contributed by atoms with Crippen LogP contribution in [-0.2, 0) is 0 Å². The standard InChI is InChI=1S/C11H14BrClN2O/c1-6(2)14-11(16)15-10-5-9(13)7(3)4-8(10)12/h4-6H,1-3H3,(H2,14,15,16). The van der Waals surface area contributed by atoms with Crippen molar-refractivity contribution in [1.82, 2.24) is 5.32 Å². The van der Waals surface area contributed by atoms with Crippen molar-refractivity contribution in [3.8, 4) is 0 Å². The lowest BCUT2D eigenvalue weighted by molar-refractivity contribution is 0.250. The largest absolute Gasteiger partial charge is 0.336 e. The average Bonchev–Trinajstić information content (AvgIpc) is 2.12. The third kappa shape index (κ3) is 3.68. The summed E-state index contributed by atoms with van der Waals surface area (Å²) in [6, 6.07) is 3.45. The molecule has 0 radical (unpaired) electrons. The molecule has 0 unspecified atom stereocenters. The fraction of sp³-hybridized carbons (Fsp3) is 0.364. The van der Waals surface area contributed by atoms with E-state index in [1.54, 1.807) is 6.07 Å². The van der Waals surface area contributed by atoms with E-state index in [1.807, 2.05) is 26.8 Å². The van der Waals surface area contributed by atoms with Gasteiger partial charge >= 0.3 is 6.03 Å². The van der Waals surface area contributed by atoms with Crippen molar-refractivity contribution in [2.75, 3.05) is 5.32 Å². The van der Waals surface area contributed by atoms with Crippen molar-refractivity contribution in [3.05, 3.63) is 27.2 Å². The maximum Gasteiger partial charge on any atom is 0.319 e. The maximum absolute atomic E-state index is 11.5. The number of anilines is 1. The third-order valence-corrected chi connectivity index (χ3v) is 2.98. The Hall–Kier alpha value is -0.740. The van der Waals surface area contributed by atoms with Crippen LogP contribution in [0.3, 0.4) is 0 Å². The molecule has 1 rings (SSSR count). The molecule has 88 valence electrons. The van der Waals surface area contributed by atoms with Gasteiger partial charge in [-0.2, -0.15) is 0 Å². The first-order chi connectivity index (χ1) is 7.40. The lowest BCUT2D eigenvalue weighted by Gasteiger charge is -2.12. The van der Waals surface area contributed by atoms with Gasteiger partial charge in [0.2, 0.25) is 0 Å². The van der Waals surface area contributed by atoms with E-state index in [9.17, 15) is 4.79 Å². The third-order valence-electron chi connectivity index (χ3n) is 1.92. The number of aryl methyl sites for hydroxylation is 1. The van der Waals surface area contributed by atoms with Crippen LogP contribution in [0.15, 0.2) is 16.6 Å². The summed E-state index contributed by atoms with van der Waals surface area (Å²) in [5.74, 6) is 0. The highest BCUT2D eigenvalue weighted by Gasteiger charge is 2.08. The van der Waals surface area contributed by atoms with Crippen LogP contribution in [0.25, 0.3) is 0 Å². The summed E-state index contributed by atoms with van der Waals surface area (Å²) in [7, 11) is 0. The zero-order valence-corrected chi connectivity index (χ0v) is 11.7. The average molecular weight is 306 g/mol. The first-order valence-electron chi connectivity index (χ1n) is 4.93. The molecular weight excluding hydrogens is 291 g/mol. The minimum absolute atomic E-state index is 0.0969. The van der Waals surface area contributed by atoms with Crippen molar-refractivity contribution in [3.63, 3.8) is 0 Å². The summed E-state index contributed by atoms with van der Waals surface area (Å²) in [5, 5.41) is 6.09. The first-order valence-corrected chi connectivity index (χ1v) is 6.10. The van der Waals surface area contributed by atoms with Crippen LogP contribution in [0.4, 0.5) is 10.5 Å². The topological polar surface area (TPSA) is 41.1 Å². The zero-order chi connectivity index (χ0) is 12.3. The Morgan fingerprint density at radius 1 is 1.44 bits per heavy atom. The van der Waals surface area contributed by atoms with Crippen LogP contribution in [0.2, 0.25) is 5.02 Å². The van der Waals surface area contributed by atoms with Crippen LogP contribution in [0, 0.1) is 6.92 Å². The molecule has 0 bridgehead atoms. The van der Waals surface area contributed by atoms with Gasteiger partial charge < -0.3 is 10.6 Å². The van der Waals surface area contributed by atoms with E-state index in [2.05, 4.69) is 26.6 Å². The van der Waals surface area contributed by atoms with Gasteiger partial charge in [-0.15, -0.1) is 0 Å². The van der Waals surface area contributed by atoms with Gasteiger partial charge in [0, 0.05) is 15.5 Å². The molecule has 16 heavy (non-hydrogen) atoms. The summed E-state index contributed by atoms with van der Waals surface area (Å²) in [6.07, 6.45) is 0. The van der Waals surface area contributed by atoms with Gasteiger partial charge in [0.25, 0.3) is 0 Å². The predicted octanol–water partition coefficient (Wildman–Crippen LogP) is 3.94. The Kier molecular flexibility index (Phi) is 4.62. The van der Waals surface area contributed by atoms with Crippen LogP contribution in [0.5, 0.6) is 0 Å². The number of halogens is 2. The number of hydrogen-bond acceptors (Lipinski definition) is 1. The number of nitrogens with one attached hydrogen (secondary N) is 2. The maximum atomic E-state index is 11.5. The highest BCUT2D eigenvalue weighted by molar-refractivity contribution is 9.10. The van der Waals surface area contributed by atoms with Gasteiger partial charge in [0.1, 0.15) is 0 Å². The van der Waals surface area contributed by atoms with E-state index in [0.29, 0.717) is 10.7 Å². The number of carbonyl (C=O) groups is 1. The highest BCUT2D eigenvalue weighted by atomic mass is 79.9. The molecule has 5 heteroatoms. The van der Waals surface area contributed by atoms with Crippen LogP contribution >= 0.6 is 27.5 Å². The smallest absolute Gasteiger partial charge is 0.319 e. The Balaban J connectivity index is 2.81. The van der Waals surface area contributed by atoms with E-state index in [4.69, 9.17) is 11.6 Å². The van der Waals surface area contributed by atoms with E-state index in [1.165, 1.54) is 0 Å². The van der Waals surface area contributed by atoms with Crippen LogP contribution in [0.1, 0.15) is 19.4 Å². The second-order valence-electron chi connectivity index (χ2n) is 3.83. The lowest BCUT2D eigenvalue weighted by atomic mass is 10.2. The molecule has 2 amide bonds. The van der Waals surface area contributed by atoms with Gasteiger partial charge in [-0.25, -0.2) is 4.79 Å². The molecular formula is C11H14BrClN2O. The van der Waals surface area contributed by atoms with Crippen molar-refractivity contribution in [2.24, 2.45) is 0 Å². The molecule has 2 N–H and O–H groups in total. The molecule has 0 saturated heterocycles. The Bertz CT molecular complexity index is 407. The molecule has 0 fully saturated rings. The summed E-state index contributed by atoms with van der Waals surface area (Å²) < 4.78 is 0.813. The van der Waals surface area contributed by atoms with E-state index >= 15 is 0 Å². The molecule has 0 saturated carbocycles. The number of carbonyl (C=O) groups excluding carboxylic acids is 1. The molecule has 0 atom stereocenters. The molecule has 1 aromatic rings. The number of urea groups is 1. The van der Waals surface area contributed by atoms with Gasteiger partial charge in [0.05, 0.1) is 5.69 Å². The lowest BCUT2D eigenvalue weighted by Crippen LogP contribution is -2.34. The van der Waals surface area contributed by atoms with E-state index < -0.39 is 0 Å². The van der Waals surface area contributed by atoms with Gasteiger partial charge in [0.15, 0.2) is 0 Å². The monoisotopic (exact) mass is 304 g/mol. The van der Waals surface area contributed by atoms with E-state index in [0.717, 1.165) is 10.0 Å². The van der Waals surface area contributed by atoms with Crippen LogP contribution in [-0.4, -0.2) is 12.1 Å². The number of hydrogen-bond donors (Lipinski definition) is 2. The Morgan fingerprint density at radius 3 is 2.62 bits per heavy atom. The van der Waals surface area contributed by atoms with Crippen LogP contribution < -0.4 is 10.6 Å². The number of amides is 2. The van der Waals surface area contributed by atoms with Gasteiger partial charge in [-0.3, -0.25) is 0 Å². The minimum Gasteiger partial charge on any atom is -0.336 e. The van der Waals surface area contributed by atoms with Crippen molar-refractivity contribution < 1.29 is 4.79 Å². The fourth-order valence-electron chi connectivity index (χ4n) is 1.16. The number of benzene rings is 1.